The first-order valence-electron chi connectivity index (χ1n) is 30.8. The minimum atomic E-state index is -1.52. The summed E-state index contributed by atoms with van der Waals surface area (Å²) in [5.74, 6) is -3.58. The zero-order chi connectivity index (χ0) is 75.4. The molecule has 10 N–H and O–H groups in total. The number of amidine groups is 1. The van der Waals surface area contributed by atoms with E-state index in [1.807, 2.05) is 20.8 Å². The van der Waals surface area contributed by atoms with Crippen LogP contribution in [0.1, 0.15) is 82.6 Å². The topological polar surface area (TPSA) is 671 Å². The van der Waals surface area contributed by atoms with Crippen LogP contribution in [0.2, 0.25) is 0 Å². The summed E-state index contributed by atoms with van der Waals surface area (Å²) in [4.78, 5) is 72.8. The molecule has 0 amide bonds. The molecule has 0 spiro atoms. The fourth-order valence-electron chi connectivity index (χ4n) is 11.1. The molecule has 6 fully saturated rings. The Morgan fingerprint density at radius 1 is 0.446 bits per heavy atom. The minimum absolute atomic E-state index is 0. The lowest BCUT2D eigenvalue weighted by molar-refractivity contribution is -0.178. The number of hydrogen-bond donors (Lipinski definition) is 9. The van der Waals surface area contributed by atoms with Gasteiger partial charge in [0.05, 0.1) is 86.2 Å². The molecule has 6 aliphatic rings. The Hall–Kier alpha value is -5.83. The molecule has 48 heteroatoms. The molecule has 6 aliphatic heterocycles. The summed E-state index contributed by atoms with van der Waals surface area (Å²) in [5.41, 5.74) is 53.3. The zero-order valence-electron chi connectivity index (χ0n) is 56.3. The van der Waals surface area contributed by atoms with Gasteiger partial charge in [0, 0.05) is 82.0 Å². The number of carbonyl (C=O) groups is 5. The van der Waals surface area contributed by atoms with E-state index in [4.69, 9.17) is 96.4 Å². The van der Waals surface area contributed by atoms with Gasteiger partial charge in [-0.2, -0.15) is 0 Å². The molecule has 0 aliphatic carbocycles. The van der Waals surface area contributed by atoms with E-state index in [1.165, 1.54) is 46.4 Å². The van der Waals surface area contributed by atoms with Crippen molar-refractivity contribution in [3.05, 3.63) is 62.7 Å². The number of carbonyl (C=O) groups excluding carboxylic acids is 5. The number of thioether (sulfide) groups is 3. The van der Waals surface area contributed by atoms with Gasteiger partial charge in [-0.25, -0.2) is 0 Å². The van der Waals surface area contributed by atoms with Crippen LogP contribution in [0, 0.1) is 35.0 Å². The first-order chi connectivity index (χ1) is 47.2. The fraction of sp³-hybridized carbons (Fsp3) is 0.887. The summed E-state index contributed by atoms with van der Waals surface area (Å²) in [6.07, 6.45) is -12.7. The summed E-state index contributed by atoms with van der Waals surface area (Å²) >= 11 is 6.11. The maximum absolute atomic E-state index is 11.8. The largest absolute Gasteiger partial charge is 1.00 e. The third-order valence-electron chi connectivity index (χ3n) is 16.4. The van der Waals surface area contributed by atoms with E-state index in [1.54, 1.807) is 20.8 Å². The Balaban J connectivity index is 0.000000468. The molecular weight excluding hydrogens is 1540 g/mol. The van der Waals surface area contributed by atoms with Crippen molar-refractivity contribution in [3.8, 4) is 0 Å². The number of alkyl halides is 1. The number of nitrogens with one attached hydrogen (secondary N) is 1. The molecule has 12 unspecified atom stereocenters. The molecule has 6 heterocycles. The maximum Gasteiger partial charge on any atom is 0.303 e. The van der Waals surface area contributed by atoms with Crippen LogP contribution in [0.15, 0.2) is 30.7 Å². The second kappa shape index (κ2) is 45.4. The number of azide groups is 6. The molecule has 101 heavy (non-hydrogen) atoms. The normalized spacial score (nSPS) is 37.6. The van der Waals surface area contributed by atoms with Crippen molar-refractivity contribution >= 4 is 86.2 Å². The molecule has 6 saturated heterocycles. The monoisotopic (exact) mass is 1620 g/mol. The Labute approximate surface area is 609 Å². The van der Waals surface area contributed by atoms with E-state index in [2.05, 4.69) is 76.1 Å². The summed E-state index contributed by atoms with van der Waals surface area (Å²) in [5, 5.41) is 98.6. The van der Waals surface area contributed by atoms with Crippen molar-refractivity contribution in [1.29, 1.82) is 5.41 Å². The molecule has 0 aromatic carbocycles. The highest BCUT2D eigenvalue weighted by atomic mass is 79.9. The molecule has 43 nitrogen and oxygen atoms in total. The highest BCUT2D eigenvalue weighted by Crippen LogP contribution is 2.44. The summed E-state index contributed by atoms with van der Waals surface area (Å²) < 4.78 is 60.2. The number of halogens is 2. The molecule has 568 valence electrons. The van der Waals surface area contributed by atoms with Crippen LogP contribution in [0.4, 0.5) is 0 Å². The van der Waals surface area contributed by atoms with Gasteiger partial charge < -0.3 is 111 Å². The van der Waals surface area contributed by atoms with Crippen LogP contribution in [0.5, 0.6) is 0 Å². The van der Waals surface area contributed by atoms with E-state index in [0.717, 1.165) is 11.8 Å². The average Bonchev–Trinajstić information content (AvgIpc) is 0.792. The molecule has 0 radical (unpaired) electrons. The summed E-state index contributed by atoms with van der Waals surface area (Å²) in [6, 6.07) is -5.08. The average molecular weight is 1630 g/mol. The predicted molar refractivity (Wildman–Crippen MR) is 355 cm³/mol. The minimum Gasteiger partial charge on any atom is -1.00 e. The number of rotatable bonds is 22. The van der Waals surface area contributed by atoms with Gasteiger partial charge in [0.1, 0.15) is 88.6 Å². The number of hydrogen-bond acceptors (Lipinski definition) is 33. The van der Waals surface area contributed by atoms with Crippen LogP contribution in [-0.2, 0) is 76.1 Å². The summed E-state index contributed by atoms with van der Waals surface area (Å²) in [7, 11) is 0. The SMILES string of the molecule is CC(=O)OCC1O[C@@H](SC(=N)N)C(OC(C)=O)[C@@H](N=[N+]=[N-])[C@H]1C.CC(=O)OCC1O[C@H](Br)C(C)[C@@H](N=[N+]=[N-])[C@H]1C.CCC1O[C@@H](S[C@@H]2OC(COC(C)=O)[C@H](C)[C@H](N=[N+]=[N-])C2OC(C)=O)[C@H](C)C(N=[N+]=[N-])[C@H]1O.[Br-].[N-]=[N+]=NC1[C@@H](O)C(CO)O[C@@H](S[C@@H]2OC(CO)[C@H](O)[C@H](N=[N+]=[N-])C2O)[C@@H]1O. The third kappa shape index (κ3) is 26.7. The predicted octanol–water partition coefficient (Wildman–Crippen LogP) is 1.79. The summed E-state index contributed by atoms with van der Waals surface area (Å²) in [6.45, 7) is 16.2. The Kier molecular flexibility index (Phi) is 41.0. The third-order valence-corrected chi connectivity index (χ3v) is 21.1. The standard InChI is InChI=1S/C19H30N6O7S.C12H20N6O8S.C12H19N5O5S.C10H16BrN3O3.BrH/c1-6-12-16(28)14(22-24-20)9(3)18(31-12)33-19-17(30-11(5)27)15(23-25-21)8(2)13(32-19)7-29-10(4)26;13-17-15-5-7(21)3(1-19)25-11(9(5)23)27-12-10(24)6(16-18-14)8(22)4(2-20)26-12;1-5-8(4-20-6(2)18)22-11(23-12(13)14)10(21-7(3)19)9(5)16-17-15;1-5-8(4-16-7(3)15)17-10(11)6(2)9(5)13-14-12;/h8-9,12-19,28H,6-7H2,1-5H3;3-12,19-24H,1-2H2;5,8-11H,4H2,1-3H3,(H3,13,14);5-6,8-10H,4H2,1-3H3;1H/p-1/t8-,9+,12?,13?,14?,15-,16-,17?,18-,19-;3?,4?,5-,6?,7-,8-,9?,10+,11-,12-;5-,8?,9-,10?,11-;5-,6?,8?,9-,10-;/m0000./s1. The molecule has 0 bridgehead atoms. The first-order valence-corrected chi connectivity index (χ1v) is 34.4. The van der Waals surface area contributed by atoms with E-state index < -0.39 is 180 Å². The number of aliphatic hydroxyl groups excluding tert-OH is 7. The van der Waals surface area contributed by atoms with Crippen molar-refractivity contribution in [2.24, 2.45) is 66.0 Å². The highest BCUT2D eigenvalue weighted by molar-refractivity contribution is 9.09. The van der Waals surface area contributed by atoms with Gasteiger partial charge in [-0.15, -0.1) is 0 Å². The van der Waals surface area contributed by atoms with E-state index in [-0.39, 0.29) is 82.9 Å². The lowest BCUT2D eigenvalue weighted by Crippen LogP contribution is -3.00. The van der Waals surface area contributed by atoms with Gasteiger partial charge in [-0.1, -0.05) is 123 Å². The molecular formula is C53H85Br2N20O23S3-. The number of nitrogens with two attached hydrogens (primary N) is 1. The quantitative estimate of drug-likeness (QED) is 0.0109. The van der Waals surface area contributed by atoms with Crippen molar-refractivity contribution in [2.75, 3.05) is 33.0 Å². The van der Waals surface area contributed by atoms with Gasteiger partial charge in [0.25, 0.3) is 0 Å². The molecule has 0 aromatic rings. The van der Waals surface area contributed by atoms with Gasteiger partial charge in [-0.3, -0.25) is 29.4 Å². The number of nitrogens with zero attached hydrogens (tertiary/aromatic N) is 18. The molecule has 0 aromatic heterocycles. The second-order valence-corrected chi connectivity index (χ2v) is 27.7. The molecule has 30 atom stereocenters. The van der Waals surface area contributed by atoms with Crippen LogP contribution in [-0.4, -0.2) is 252 Å². The van der Waals surface area contributed by atoms with Crippen LogP contribution in [0.3, 0.4) is 0 Å². The van der Waals surface area contributed by atoms with E-state index >= 15 is 0 Å². The van der Waals surface area contributed by atoms with Crippen molar-refractivity contribution in [2.45, 2.75) is 230 Å². The Bertz CT molecular complexity index is 2990. The highest BCUT2D eigenvalue weighted by Gasteiger charge is 2.53. The number of esters is 5. The van der Waals surface area contributed by atoms with E-state index in [0.29, 0.717) is 18.2 Å². The van der Waals surface area contributed by atoms with Gasteiger partial charge in [0.15, 0.2) is 5.17 Å². The van der Waals surface area contributed by atoms with Crippen LogP contribution < -0.4 is 22.7 Å². The van der Waals surface area contributed by atoms with Crippen LogP contribution in [0.25, 0.3) is 62.7 Å². The van der Waals surface area contributed by atoms with Crippen molar-refractivity contribution < 1.29 is 129 Å². The van der Waals surface area contributed by atoms with Gasteiger partial charge in [0.2, 0.25) is 0 Å². The van der Waals surface area contributed by atoms with Crippen molar-refractivity contribution in [1.82, 2.24) is 0 Å². The fourth-order valence-corrected chi connectivity index (χ4v) is 15.2. The first kappa shape index (κ1) is 91.3. The second-order valence-electron chi connectivity index (χ2n) is 23.2. The zero-order valence-corrected chi connectivity index (χ0v) is 62.0. The van der Waals surface area contributed by atoms with Crippen molar-refractivity contribution in [3.63, 3.8) is 0 Å². The lowest BCUT2D eigenvalue weighted by Gasteiger charge is -2.47. The van der Waals surface area contributed by atoms with Crippen LogP contribution >= 0.6 is 51.2 Å². The number of aliphatic hydroxyl groups is 7. The van der Waals surface area contributed by atoms with Gasteiger partial charge in [-0.05, 0) is 57.4 Å². The smallest absolute Gasteiger partial charge is 0.303 e. The van der Waals surface area contributed by atoms with E-state index in [9.17, 15) is 59.7 Å². The van der Waals surface area contributed by atoms with Gasteiger partial charge >= 0.3 is 29.8 Å². The number of ether oxygens (including phenoxy) is 11. The Morgan fingerprint density at radius 3 is 1.13 bits per heavy atom. The molecule has 0 saturated carbocycles. The molecule has 6 rings (SSSR count). The lowest BCUT2D eigenvalue weighted by atomic mass is 9.85. The Morgan fingerprint density at radius 2 is 0.762 bits per heavy atom. The maximum atomic E-state index is 11.8.